The van der Waals surface area contributed by atoms with E-state index in [2.05, 4.69) is 28.9 Å². The Kier molecular flexibility index (Phi) is 4.81. The second-order valence-electron chi connectivity index (χ2n) is 4.84. The Bertz CT molecular complexity index is 610. The Hall–Kier alpha value is -1.35. The van der Waals surface area contributed by atoms with Crippen LogP contribution in [0.15, 0.2) is 36.4 Å². The highest BCUT2D eigenvalue weighted by Crippen LogP contribution is 2.38. The fourth-order valence-corrected chi connectivity index (χ4v) is 3.12. The summed E-state index contributed by atoms with van der Waals surface area (Å²) in [6, 6.07) is 11.0. The number of ether oxygens (including phenoxy) is 1. The van der Waals surface area contributed by atoms with Gasteiger partial charge in [0.1, 0.15) is 11.6 Å². The van der Waals surface area contributed by atoms with Gasteiger partial charge in [-0.15, -0.1) is 0 Å². The average molecular weight is 337 g/mol. The first kappa shape index (κ1) is 15.0. The van der Waals surface area contributed by atoms with Gasteiger partial charge in [-0.2, -0.15) is 0 Å². The molecule has 0 spiro atoms. The van der Waals surface area contributed by atoms with Crippen LogP contribution in [-0.2, 0) is 0 Å². The van der Waals surface area contributed by atoms with Crippen LogP contribution in [0.25, 0.3) is 0 Å². The predicted octanol–water partition coefficient (Wildman–Crippen LogP) is 5.33. The highest BCUT2D eigenvalue weighted by atomic mass is 79.9. The lowest BCUT2D eigenvalue weighted by Gasteiger charge is -2.18. The molecule has 106 valence electrons. The Balaban J connectivity index is 2.46. The van der Waals surface area contributed by atoms with E-state index < -0.39 is 0 Å². The van der Waals surface area contributed by atoms with Crippen molar-refractivity contribution in [2.75, 3.05) is 6.61 Å². The molecule has 1 nitrogen and oxygen atoms in total. The van der Waals surface area contributed by atoms with E-state index in [4.69, 9.17) is 4.74 Å². The third kappa shape index (κ3) is 3.21. The zero-order chi connectivity index (χ0) is 14.7. The highest BCUT2D eigenvalue weighted by molar-refractivity contribution is 9.09. The molecule has 3 heteroatoms. The van der Waals surface area contributed by atoms with Crippen LogP contribution >= 0.6 is 15.9 Å². The fraction of sp³-hybridized carbons (Fsp3) is 0.294. The molecule has 0 N–H and O–H groups in total. The standard InChI is InChI=1S/C17H18BrFO/c1-4-20-16-8-5-11(2)9-15(16)17(18)14-7-6-13(19)10-12(14)3/h5-10,17H,4H2,1-3H3. The third-order valence-electron chi connectivity index (χ3n) is 3.24. The van der Waals surface area contributed by atoms with Gasteiger partial charge >= 0.3 is 0 Å². The van der Waals surface area contributed by atoms with Gasteiger partial charge in [0.15, 0.2) is 0 Å². The van der Waals surface area contributed by atoms with Crippen molar-refractivity contribution in [2.45, 2.75) is 25.6 Å². The van der Waals surface area contributed by atoms with Crippen LogP contribution in [-0.4, -0.2) is 6.61 Å². The Morgan fingerprint density at radius 1 is 1.10 bits per heavy atom. The van der Waals surface area contributed by atoms with Crippen LogP contribution in [0.4, 0.5) is 4.39 Å². The van der Waals surface area contributed by atoms with Gasteiger partial charge in [-0.05, 0) is 50.1 Å². The summed E-state index contributed by atoms with van der Waals surface area (Å²) in [4.78, 5) is -0.00968. The van der Waals surface area contributed by atoms with Gasteiger partial charge < -0.3 is 4.74 Å². The first-order chi connectivity index (χ1) is 9.52. The minimum Gasteiger partial charge on any atom is -0.494 e. The fourth-order valence-electron chi connectivity index (χ4n) is 2.24. The second kappa shape index (κ2) is 6.40. The van der Waals surface area contributed by atoms with Crippen molar-refractivity contribution in [3.63, 3.8) is 0 Å². The SMILES string of the molecule is CCOc1ccc(C)cc1C(Br)c1ccc(F)cc1C. The molecule has 0 saturated carbocycles. The highest BCUT2D eigenvalue weighted by Gasteiger charge is 2.17. The lowest BCUT2D eigenvalue weighted by atomic mass is 9.98. The van der Waals surface area contributed by atoms with E-state index >= 15 is 0 Å². The van der Waals surface area contributed by atoms with Crippen molar-refractivity contribution in [3.05, 3.63) is 64.5 Å². The first-order valence-corrected chi connectivity index (χ1v) is 7.58. The molecule has 0 aliphatic rings. The van der Waals surface area contributed by atoms with Crippen molar-refractivity contribution in [1.82, 2.24) is 0 Å². The summed E-state index contributed by atoms with van der Waals surface area (Å²) in [5.41, 5.74) is 4.23. The topological polar surface area (TPSA) is 9.23 Å². The first-order valence-electron chi connectivity index (χ1n) is 6.66. The van der Waals surface area contributed by atoms with Crippen molar-refractivity contribution in [2.24, 2.45) is 0 Å². The van der Waals surface area contributed by atoms with Crippen LogP contribution in [0.5, 0.6) is 5.75 Å². The molecule has 0 fully saturated rings. The number of hydrogen-bond acceptors (Lipinski definition) is 1. The van der Waals surface area contributed by atoms with E-state index in [-0.39, 0.29) is 10.6 Å². The van der Waals surface area contributed by atoms with Crippen molar-refractivity contribution in [3.8, 4) is 5.75 Å². The monoisotopic (exact) mass is 336 g/mol. The molecule has 2 rings (SSSR count). The van der Waals surface area contributed by atoms with Crippen molar-refractivity contribution >= 4 is 15.9 Å². The molecule has 1 unspecified atom stereocenters. The summed E-state index contributed by atoms with van der Waals surface area (Å²) in [6.45, 7) is 6.56. The molecular formula is C17H18BrFO. The molecule has 0 bridgehead atoms. The Morgan fingerprint density at radius 3 is 2.50 bits per heavy atom. The summed E-state index contributed by atoms with van der Waals surface area (Å²) in [7, 11) is 0. The van der Waals surface area contributed by atoms with Crippen molar-refractivity contribution in [1.29, 1.82) is 0 Å². The van der Waals surface area contributed by atoms with E-state index in [9.17, 15) is 4.39 Å². The van der Waals surface area contributed by atoms with Gasteiger partial charge in [0.25, 0.3) is 0 Å². The maximum Gasteiger partial charge on any atom is 0.123 e. The molecule has 0 aromatic heterocycles. The van der Waals surface area contributed by atoms with Crippen LogP contribution in [0.2, 0.25) is 0 Å². The number of aryl methyl sites for hydroxylation is 2. The number of hydrogen-bond donors (Lipinski definition) is 0. The summed E-state index contributed by atoms with van der Waals surface area (Å²) in [5, 5.41) is 0. The number of rotatable bonds is 4. The molecule has 0 saturated heterocycles. The predicted molar refractivity (Wildman–Crippen MR) is 84.3 cm³/mol. The maximum absolute atomic E-state index is 13.2. The van der Waals surface area contributed by atoms with Crippen LogP contribution in [0, 0.1) is 19.7 Å². The van der Waals surface area contributed by atoms with E-state index in [1.807, 2.05) is 32.0 Å². The van der Waals surface area contributed by atoms with E-state index in [1.54, 1.807) is 6.07 Å². The zero-order valence-corrected chi connectivity index (χ0v) is 13.5. The molecule has 0 heterocycles. The van der Waals surface area contributed by atoms with Gasteiger partial charge in [0.05, 0.1) is 11.4 Å². The largest absolute Gasteiger partial charge is 0.494 e. The minimum absolute atomic E-state index is 0.00968. The normalized spacial score (nSPS) is 12.2. The zero-order valence-electron chi connectivity index (χ0n) is 11.9. The summed E-state index contributed by atoms with van der Waals surface area (Å²) < 4.78 is 18.9. The van der Waals surface area contributed by atoms with Gasteiger partial charge in [-0.3, -0.25) is 0 Å². The smallest absolute Gasteiger partial charge is 0.123 e. The number of benzene rings is 2. The van der Waals surface area contributed by atoms with Gasteiger partial charge in [0, 0.05) is 5.56 Å². The molecule has 20 heavy (non-hydrogen) atoms. The Labute approximate surface area is 127 Å². The third-order valence-corrected chi connectivity index (χ3v) is 4.23. The summed E-state index contributed by atoms with van der Waals surface area (Å²) >= 11 is 3.72. The van der Waals surface area contributed by atoms with Crippen molar-refractivity contribution < 1.29 is 9.13 Å². The average Bonchev–Trinajstić information content (AvgIpc) is 2.40. The molecule has 1 atom stereocenters. The molecule has 0 radical (unpaired) electrons. The molecule has 0 aliphatic carbocycles. The second-order valence-corrected chi connectivity index (χ2v) is 5.75. The molecule has 2 aromatic rings. The van der Waals surface area contributed by atoms with E-state index in [1.165, 1.54) is 11.6 Å². The minimum atomic E-state index is -0.208. The van der Waals surface area contributed by atoms with Crippen LogP contribution in [0.1, 0.15) is 34.0 Å². The van der Waals surface area contributed by atoms with Gasteiger partial charge in [-0.25, -0.2) is 4.39 Å². The maximum atomic E-state index is 13.2. The molecule has 2 aromatic carbocycles. The number of alkyl halides is 1. The quantitative estimate of drug-likeness (QED) is 0.686. The van der Waals surface area contributed by atoms with Crippen LogP contribution < -0.4 is 4.74 Å². The molecule has 0 amide bonds. The Morgan fingerprint density at radius 2 is 1.85 bits per heavy atom. The molecule has 0 aliphatic heterocycles. The lowest BCUT2D eigenvalue weighted by Crippen LogP contribution is -2.02. The van der Waals surface area contributed by atoms with E-state index in [0.717, 1.165) is 22.4 Å². The molecular weight excluding hydrogens is 319 g/mol. The summed E-state index contributed by atoms with van der Waals surface area (Å²) in [5.74, 6) is 0.656. The van der Waals surface area contributed by atoms with E-state index in [0.29, 0.717) is 6.61 Å². The number of halogens is 2. The van der Waals surface area contributed by atoms with Crippen LogP contribution in [0.3, 0.4) is 0 Å². The van der Waals surface area contributed by atoms with Gasteiger partial charge in [0.2, 0.25) is 0 Å². The lowest BCUT2D eigenvalue weighted by molar-refractivity contribution is 0.337. The summed E-state index contributed by atoms with van der Waals surface area (Å²) in [6.07, 6.45) is 0. The van der Waals surface area contributed by atoms with Gasteiger partial charge in [-0.1, -0.05) is 39.7 Å².